The lowest BCUT2D eigenvalue weighted by Gasteiger charge is -2.24. The minimum absolute atomic E-state index is 0.0962. The third-order valence-electron chi connectivity index (χ3n) is 4.68. The molecule has 10 heteroatoms. The number of rotatable bonds is 4. The lowest BCUT2D eigenvalue weighted by Crippen LogP contribution is -2.32. The normalized spacial score (nSPS) is 16.3. The Kier molecular flexibility index (Phi) is 5.42. The Labute approximate surface area is 179 Å². The second-order valence-electron chi connectivity index (χ2n) is 7.45. The fraction of sp³-hybridized carbons (Fsp3) is 0.286. The van der Waals surface area contributed by atoms with Gasteiger partial charge < -0.3 is 15.1 Å². The summed E-state index contributed by atoms with van der Waals surface area (Å²) in [6.07, 6.45) is -4.63. The Bertz CT molecular complexity index is 1170. The monoisotopic (exact) mass is 449 g/mol. The van der Waals surface area contributed by atoms with Gasteiger partial charge >= 0.3 is 6.18 Å². The van der Waals surface area contributed by atoms with Crippen molar-refractivity contribution in [2.75, 3.05) is 10.6 Å². The van der Waals surface area contributed by atoms with E-state index in [1.54, 1.807) is 18.2 Å². The van der Waals surface area contributed by atoms with Gasteiger partial charge in [-0.25, -0.2) is 4.98 Å². The van der Waals surface area contributed by atoms with Gasteiger partial charge in [0.1, 0.15) is 5.52 Å². The van der Waals surface area contributed by atoms with Gasteiger partial charge in [0, 0.05) is 22.9 Å². The zero-order valence-electron chi connectivity index (χ0n) is 16.5. The van der Waals surface area contributed by atoms with Crippen molar-refractivity contribution in [3.05, 3.63) is 47.9 Å². The van der Waals surface area contributed by atoms with Crippen molar-refractivity contribution >= 4 is 46.1 Å². The number of alkyl halides is 3. The molecule has 0 fully saturated rings. The minimum Gasteiger partial charge on any atom is -0.440 e. The van der Waals surface area contributed by atoms with Crippen LogP contribution in [0.1, 0.15) is 37.6 Å². The number of hydrogen-bond acceptors (Lipinski definition) is 5. The maximum absolute atomic E-state index is 12.9. The number of nitrogens with zero attached hydrogens (tertiary/aromatic N) is 1. The number of hydrogen-bond donors (Lipinski definition) is 2. The molecule has 3 aromatic rings. The number of anilines is 2. The maximum Gasteiger partial charge on any atom is 0.416 e. The number of carbonyl (C=O) groups is 2. The standard InChI is InChI=1S/C21H18F3N3O3S/c1-10(2)20-27-13-8-12(4-5-15(13)30-20)25-18(28)9-17-19(29)26-14-7-11(21(22,23)24)3-6-16(14)31-17/h3-8,10,17H,9H2,1-2H3,(H,25,28)(H,26,29)/t17-/m0/s1. The SMILES string of the molecule is CC(C)c1nc2cc(NC(=O)C[C@@H]3Sc4ccc(C(F)(F)F)cc4NC3=O)ccc2o1. The van der Waals surface area contributed by atoms with Crippen molar-refractivity contribution in [2.45, 2.75) is 42.5 Å². The molecule has 0 saturated carbocycles. The zero-order chi connectivity index (χ0) is 22.3. The number of thioether (sulfide) groups is 1. The summed E-state index contributed by atoms with van der Waals surface area (Å²) < 4.78 is 44.2. The largest absolute Gasteiger partial charge is 0.440 e. The molecule has 4 rings (SSSR count). The summed E-state index contributed by atoms with van der Waals surface area (Å²) >= 11 is 1.06. The molecule has 1 atom stereocenters. The van der Waals surface area contributed by atoms with E-state index >= 15 is 0 Å². The van der Waals surface area contributed by atoms with Gasteiger partial charge in [0.15, 0.2) is 11.5 Å². The Balaban J connectivity index is 1.44. The third-order valence-corrected chi connectivity index (χ3v) is 5.95. The average Bonchev–Trinajstić information content (AvgIpc) is 3.11. The van der Waals surface area contributed by atoms with Crippen molar-refractivity contribution in [1.82, 2.24) is 4.98 Å². The predicted molar refractivity (Wildman–Crippen MR) is 111 cm³/mol. The number of nitrogens with one attached hydrogen (secondary N) is 2. The van der Waals surface area contributed by atoms with Crippen molar-refractivity contribution in [1.29, 1.82) is 0 Å². The highest BCUT2D eigenvalue weighted by Crippen LogP contribution is 2.40. The van der Waals surface area contributed by atoms with Gasteiger partial charge in [-0.15, -0.1) is 11.8 Å². The summed E-state index contributed by atoms with van der Waals surface area (Å²) in [4.78, 5) is 29.7. The highest BCUT2D eigenvalue weighted by atomic mass is 32.2. The molecule has 0 saturated heterocycles. The first-order valence-corrected chi connectivity index (χ1v) is 10.4. The van der Waals surface area contributed by atoms with Gasteiger partial charge in [-0.1, -0.05) is 13.8 Å². The summed E-state index contributed by atoms with van der Waals surface area (Å²) in [7, 11) is 0. The maximum atomic E-state index is 12.9. The van der Waals surface area contributed by atoms with Crippen LogP contribution in [0.15, 0.2) is 45.7 Å². The number of oxazole rings is 1. The van der Waals surface area contributed by atoms with Gasteiger partial charge in [0.05, 0.1) is 16.5 Å². The lowest BCUT2D eigenvalue weighted by molar-refractivity contribution is -0.137. The van der Waals surface area contributed by atoms with Crippen molar-refractivity contribution in [2.24, 2.45) is 0 Å². The van der Waals surface area contributed by atoms with Gasteiger partial charge in [0.2, 0.25) is 11.8 Å². The molecule has 0 bridgehead atoms. The molecule has 1 aliphatic rings. The Morgan fingerprint density at radius 3 is 2.74 bits per heavy atom. The van der Waals surface area contributed by atoms with Gasteiger partial charge in [-0.05, 0) is 36.4 Å². The zero-order valence-corrected chi connectivity index (χ0v) is 17.4. The molecular formula is C21H18F3N3O3S. The summed E-state index contributed by atoms with van der Waals surface area (Å²) in [5.41, 5.74) is 0.989. The molecule has 1 aromatic heterocycles. The van der Waals surface area contributed by atoms with E-state index in [2.05, 4.69) is 15.6 Å². The van der Waals surface area contributed by atoms with Crippen LogP contribution in [0.2, 0.25) is 0 Å². The quantitative estimate of drug-likeness (QED) is 0.556. The highest BCUT2D eigenvalue weighted by molar-refractivity contribution is 8.01. The van der Waals surface area contributed by atoms with Crippen LogP contribution in [0.4, 0.5) is 24.5 Å². The molecule has 2 heterocycles. The molecule has 2 amide bonds. The van der Waals surface area contributed by atoms with E-state index in [4.69, 9.17) is 4.42 Å². The fourth-order valence-corrected chi connectivity index (χ4v) is 4.20. The molecule has 0 radical (unpaired) electrons. The molecule has 0 aliphatic carbocycles. The first-order chi connectivity index (χ1) is 14.6. The van der Waals surface area contributed by atoms with E-state index in [-0.39, 0.29) is 18.0 Å². The second kappa shape index (κ2) is 7.92. The van der Waals surface area contributed by atoms with Crippen molar-refractivity contribution in [3.63, 3.8) is 0 Å². The van der Waals surface area contributed by atoms with Gasteiger partial charge in [-0.2, -0.15) is 13.2 Å². The van der Waals surface area contributed by atoms with Crippen LogP contribution in [0, 0.1) is 0 Å². The number of carbonyl (C=O) groups excluding carboxylic acids is 2. The van der Waals surface area contributed by atoms with Gasteiger partial charge in [-0.3, -0.25) is 9.59 Å². The van der Waals surface area contributed by atoms with Crippen LogP contribution in [-0.4, -0.2) is 22.0 Å². The number of halogens is 3. The molecule has 31 heavy (non-hydrogen) atoms. The molecule has 2 N–H and O–H groups in total. The molecular weight excluding hydrogens is 431 g/mol. The number of benzene rings is 2. The summed E-state index contributed by atoms with van der Waals surface area (Å²) in [5, 5.41) is 4.44. The van der Waals surface area contributed by atoms with Crippen LogP contribution >= 0.6 is 11.8 Å². The van der Waals surface area contributed by atoms with E-state index in [9.17, 15) is 22.8 Å². The van der Waals surface area contributed by atoms with Gasteiger partial charge in [0.25, 0.3) is 0 Å². The minimum atomic E-state index is -4.50. The molecule has 162 valence electrons. The van der Waals surface area contributed by atoms with E-state index in [0.717, 1.165) is 23.9 Å². The van der Waals surface area contributed by atoms with E-state index in [1.807, 2.05) is 13.8 Å². The highest BCUT2D eigenvalue weighted by Gasteiger charge is 2.34. The topological polar surface area (TPSA) is 84.2 Å². The number of fused-ring (bicyclic) bond motifs is 2. The smallest absolute Gasteiger partial charge is 0.416 e. The number of amides is 2. The van der Waals surface area contributed by atoms with E-state index < -0.39 is 28.8 Å². The molecule has 0 spiro atoms. The Morgan fingerprint density at radius 1 is 1.26 bits per heavy atom. The van der Waals surface area contributed by atoms with Crippen molar-refractivity contribution in [3.8, 4) is 0 Å². The predicted octanol–water partition coefficient (Wildman–Crippen LogP) is 5.41. The Hall–Kier alpha value is -3.01. The first-order valence-electron chi connectivity index (χ1n) is 9.49. The van der Waals surface area contributed by atoms with Crippen LogP contribution < -0.4 is 10.6 Å². The van der Waals surface area contributed by atoms with E-state index in [1.165, 1.54) is 6.07 Å². The van der Waals surface area contributed by atoms with E-state index in [0.29, 0.717) is 27.6 Å². The third kappa shape index (κ3) is 4.53. The lowest BCUT2D eigenvalue weighted by atomic mass is 10.1. The Morgan fingerprint density at radius 2 is 2.03 bits per heavy atom. The van der Waals surface area contributed by atoms with Crippen LogP contribution in [-0.2, 0) is 15.8 Å². The van der Waals surface area contributed by atoms with Crippen LogP contribution in [0.25, 0.3) is 11.1 Å². The first kappa shape index (κ1) is 21.2. The van der Waals surface area contributed by atoms with Crippen LogP contribution in [0.3, 0.4) is 0 Å². The van der Waals surface area contributed by atoms with Crippen LogP contribution in [0.5, 0.6) is 0 Å². The summed E-state index contributed by atoms with van der Waals surface area (Å²) in [6, 6.07) is 8.23. The molecule has 1 aliphatic heterocycles. The summed E-state index contributed by atoms with van der Waals surface area (Å²) in [6.45, 7) is 3.92. The molecule has 2 aromatic carbocycles. The summed E-state index contributed by atoms with van der Waals surface area (Å²) in [5.74, 6) is -0.182. The fourth-order valence-electron chi connectivity index (χ4n) is 3.11. The second-order valence-corrected chi connectivity index (χ2v) is 8.69. The molecule has 6 nitrogen and oxygen atoms in total. The molecule has 0 unspecified atom stereocenters. The average molecular weight is 449 g/mol. The van der Waals surface area contributed by atoms with Crippen molar-refractivity contribution < 1.29 is 27.2 Å². The number of aromatic nitrogens is 1.